The molecule has 0 radical (unpaired) electrons. The van der Waals surface area contributed by atoms with Crippen LogP contribution in [0.4, 0.5) is 5.82 Å². The highest BCUT2D eigenvalue weighted by atomic mass is 16.5. The van der Waals surface area contributed by atoms with Gasteiger partial charge in [-0.3, -0.25) is 9.78 Å². The first-order valence-electron chi connectivity index (χ1n) is 9.53. The summed E-state index contributed by atoms with van der Waals surface area (Å²) in [5.41, 5.74) is 7.91. The van der Waals surface area contributed by atoms with Gasteiger partial charge in [-0.25, -0.2) is 4.98 Å². The molecule has 0 bridgehead atoms. The standard InChI is InChI=1S/C22H24N4O2/c1-14-12-26(13-15(2)28-14)22-5-3-4-20(25-22)16-6-7-17-11-24-19(10-21(23)27)9-18(17)8-16/h3-9,11,14-15H,10,12-13H2,1-2H3,(H2,23,27)/t14-,15?/m0/s1. The van der Waals surface area contributed by atoms with E-state index < -0.39 is 0 Å². The van der Waals surface area contributed by atoms with Crippen molar-refractivity contribution in [2.45, 2.75) is 32.5 Å². The average molecular weight is 376 g/mol. The zero-order valence-corrected chi connectivity index (χ0v) is 16.1. The topological polar surface area (TPSA) is 81.3 Å². The quantitative estimate of drug-likeness (QED) is 0.757. The van der Waals surface area contributed by atoms with Crippen molar-refractivity contribution < 1.29 is 9.53 Å². The number of carbonyl (C=O) groups excluding carboxylic acids is 1. The highest BCUT2D eigenvalue weighted by molar-refractivity contribution is 5.87. The molecule has 1 unspecified atom stereocenters. The average Bonchev–Trinajstić information content (AvgIpc) is 2.66. The van der Waals surface area contributed by atoms with Crippen molar-refractivity contribution in [3.8, 4) is 11.3 Å². The largest absolute Gasteiger partial charge is 0.372 e. The molecule has 28 heavy (non-hydrogen) atoms. The maximum Gasteiger partial charge on any atom is 0.223 e. The van der Waals surface area contributed by atoms with Gasteiger partial charge in [-0.15, -0.1) is 0 Å². The second kappa shape index (κ2) is 7.56. The van der Waals surface area contributed by atoms with Gasteiger partial charge in [0.25, 0.3) is 0 Å². The molecule has 1 amide bonds. The fourth-order valence-electron chi connectivity index (χ4n) is 3.75. The third-order valence-electron chi connectivity index (χ3n) is 4.91. The van der Waals surface area contributed by atoms with Crippen molar-refractivity contribution >= 4 is 22.5 Å². The SMILES string of the molecule is CC1CN(c2cccc(-c3ccc4cnc(CC(N)=O)cc4c3)n2)C[C@H](C)O1. The second-order valence-electron chi connectivity index (χ2n) is 7.42. The summed E-state index contributed by atoms with van der Waals surface area (Å²) in [6.07, 6.45) is 2.29. The van der Waals surface area contributed by atoms with E-state index in [-0.39, 0.29) is 24.5 Å². The van der Waals surface area contributed by atoms with Crippen LogP contribution in [-0.4, -0.2) is 41.2 Å². The number of aromatic nitrogens is 2. The van der Waals surface area contributed by atoms with Crippen LogP contribution in [0.1, 0.15) is 19.5 Å². The highest BCUT2D eigenvalue weighted by Crippen LogP contribution is 2.26. The van der Waals surface area contributed by atoms with Crippen LogP contribution in [0.3, 0.4) is 0 Å². The molecular formula is C22H24N4O2. The molecular weight excluding hydrogens is 352 g/mol. The van der Waals surface area contributed by atoms with Crippen LogP contribution in [-0.2, 0) is 16.0 Å². The van der Waals surface area contributed by atoms with Gasteiger partial charge in [0.1, 0.15) is 5.82 Å². The summed E-state index contributed by atoms with van der Waals surface area (Å²) in [5.74, 6) is 0.579. The lowest BCUT2D eigenvalue weighted by atomic mass is 10.0. The monoisotopic (exact) mass is 376 g/mol. The smallest absolute Gasteiger partial charge is 0.223 e. The number of morpholine rings is 1. The van der Waals surface area contributed by atoms with Crippen LogP contribution >= 0.6 is 0 Å². The Bertz CT molecular complexity index is 1010. The van der Waals surface area contributed by atoms with Gasteiger partial charge in [-0.1, -0.05) is 18.2 Å². The molecule has 4 rings (SSSR count). The summed E-state index contributed by atoms with van der Waals surface area (Å²) < 4.78 is 5.83. The number of fused-ring (bicyclic) bond motifs is 1. The van der Waals surface area contributed by atoms with Crippen molar-refractivity contribution in [1.29, 1.82) is 0 Å². The Morgan fingerprint density at radius 1 is 1.14 bits per heavy atom. The number of anilines is 1. The van der Waals surface area contributed by atoms with Gasteiger partial charge < -0.3 is 15.4 Å². The number of pyridine rings is 2. The van der Waals surface area contributed by atoms with E-state index in [0.29, 0.717) is 5.69 Å². The number of rotatable bonds is 4. The van der Waals surface area contributed by atoms with Gasteiger partial charge >= 0.3 is 0 Å². The molecule has 6 nitrogen and oxygen atoms in total. The lowest BCUT2D eigenvalue weighted by Crippen LogP contribution is -2.45. The Morgan fingerprint density at radius 3 is 2.68 bits per heavy atom. The van der Waals surface area contributed by atoms with E-state index in [9.17, 15) is 4.79 Å². The number of primary amides is 1. The normalized spacial score (nSPS) is 19.7. The maximum absolute atomic E-state index is 11.2. The van der Waals surface area contributed by atoms with E-state index in [0.717, 1.165) is 40.9 Å². The summed E-state index contributed by atoms with van der Waals surface area (Å²) in [5, 5.41) is 2.04. The Labute approximate surface area is 164 Å². The molecule has 144 valence electrons. The summed E-state index contributed by atoms with van der Waals surface area (Å²) in [6.45, 7) is 5.85. The number of amides is 1. The zero-order chi connectivity index (χ0) is 19.7. The van der Waals surface area contributed by atoms with Crippen LogP contribution in [0.2, 0.25) is 0 Å². The predicted molar refractivity (Wildman–Crippen MR) is 110 cm³/mol. The molecule has 3 heterocycles. The van der Waals surface area contributed by atoms with Crippen LogP contribution in [0.5, 0.6) is 0 Å². The number of carbonyl (C=O) groups is 1. The van der Waals surface area contributed by atoms with Crippen LogP contribution in [0.25, 0.3) is 22.0 Å². The molecule has 2 N–H and O–H groups in total. The van der Waals surface area contributed by atoms with E-state index in [1.165, 1.54) is 0 Å². The van der Waals surface area contributed by atoms with Crippen LogP contribution in [0.15, 0.2) is 48.7 Å². The molecule has 1 aromatic carbocycles. The van der Waals surface area contributed by atoms with Crippen molar-refractivity contribution in [3.05, 3.63) is 54.4 Å². The third-order valence-corrected chi connectivity index (χ3v) is 4.91. The van der Waals surface area contributed by atoms with Crippen molar-refractivity contribution in [1.82, 2.24) is 9.97 Å². The zero-order valence-electron chi connectivity index (χ0n) is 16.1. The summed E-state index contributed by atoms with van der Waals surface area (Å²) in [6, 6.07) is 14.2. The molecule has 1 saturated heterocycles. The minimum absolute atomic E-state index is 0.140. The van der Waals surface area contributed by atoms with E-state index in [1.807, 2.05) is 30.3 Å². The first-order chi connectivity index (χ1) is 13.5. The number of nitrogens with two attached hydrogens (primary N) is 1. The van der Waals surface area contributed by atoms with Gasteiger partial charge in [0.2, 0.25) is 5.91 Å². The third kappa shape index (κ3) is 3.97. The van der Waals surface area contributed by atoms with Crippen molar-refractivity contribution in [2.24, 2.45) is 5.73 Å². The number of nitrogens with zero attached hydrogens (tertiary/aromatic N) is 3. The molecule has 2 atom stereocenters. The molecule has 3 aromatic rings. The fraction of sp³-hybridized carbons (Fsp3) is 0.318. The first-order valence-corrected chi connectivity index (χ1v) is 9.53. The summed E-state index contributed by atoms with van der Waals surface area (Å²) in [4.78, 5) is 22.7. The Hall–Kier alpha value is -2.99. The lowest BCUT2D eigenvalue weighted by molar-refractivity contribution is -0.117. The van der Waals surface area contributed by atoms with E-state index in [4.69, 9.17) is 15.5 Å². The van der Waals surface area contributed by atoms with Gasteiger partial charge in [0.15, 0.2) is 0 Å². The Morgan fingerprint density at radius 2 is 1.93 bits per heavy atom. The number of hydrogen-bond donors (Lipinski definition) is 1. The second-order valence-corrected chi connectivity index (χ2v) is 7.42. The summed E-state index contributed by atoms with van der Waals surface area (Å²) in [7, 11) is 0. The predicted octanol–water partition coefficient (Wildman–Crippen LogP) is 2.94. The Balaban J connectivity index is 1.66. The molecule has 1 aliphatic heterocycles. The molecule has 1 fully saturated rings. The fourth-order valence-corrected chi connectivity index (χ4v) is 3.75. The Kier molecular flexibility index (Phi) is 4.96. The van der Waals surface area contributed by atoms with Crippen LogP contribution < -0.4 is 10.6 Å². The van der Waals surface area contributed by atoms with Gasteiger partial charge in [-0.05, 0) is 43.5 Å². The lowest BCUT2D eigenvalue weighted by Gasteiger charge is -2.36. The molecule has 1 aliphatic rings. The number of benzene rings is 1. The first kappa shape index (κ1) is 18.4. The molecule has 0 saturated carbocycles. The van der Waals surface area contributed by atoms with Gasteiger partial charge in [-0.2, -0.15) is 0 Å². The number of hydrogen-bond acceptors (Lipinski definition) is 5. The van der Waals surface area contributed by atoms with Gasteiger partial charge in [0.05, 0.1) is 30.0 Å². The molecule has 0 aliphatic carbocycles. The van der Waals surface area contributed by atoms with E-state index in [1.54, 1.807) is 6.20 Å². The molecule has 6 heteroatoms. The van der Waals surface area contributed by atoms with Crippen molar-refractivity contribution in [2.75, 3.05) is 18.0 Å². The maximum atomic E-state index is 11.2. The van der Waals surface area contributed by atoms with E-state index in [2.05, 4.69) is 35.9 Å². The summed E-state index contributed by atoms with van der Waals surface area (Å²) >= 11 is 0. The minimum atomic E-state index is -0.383. The van der Waals surface area contributed by atoms with E-state index >= 15 is 0 Å². The number of ether oxygens (including phenoxy) is 1. The highest BCUT2D eigenvalue weighted by Gasteiger charge is 2.23. The van der Waals surface area contributed by atoms with Gasteiger partial charge in [0, 0.05) is 30.2 Å². The van der Waals surface area contributed by atoms with Crippen molar-refractivity contribution in [3.63, 3.8) is 0 Å². The minimum Gasteiger partial charge on any atom is -0.372 e. The molecule has 2 aromatic heterocycles. The van der Waals surface area contributed by atoms with Crippen LogP contribution in [0, 0.1) is 0 Å². The molecule has 0 spiro atoms.